The molecule has 0 N–H and O–H groups in total. The number of nitrogens with zero attached hydrogens (tertiary/aromatic N) is 1. The van der Waals surface area contributed by atoms with Crippen LogP contribution in [0.5, 0.6) is 0 Å². The van der Waals surface area contributed by atoms with E-state index in [-0.39, 0.29) is 5.69 Å². The van der Waals surface area contributed by atoms with E-state index in [0.29, 0.717) is 21.9 Å². The molecule has 0 heterocycles. The summed E-state index contributed by atoms with van der Waals surface area (Å²) < 4.78 is 0.424. The first-order valence-corrected chi connectivity index (χ1v) is 4.91. The Hall–Kier alpha value is -1.49. The molecule has 0 spiro atoms. The monoisotopic (exact) mass is 269 g/mol. The fourth-order valence-electron chi connectivity index (χ4n) is 1.06. The average molecular weight is 270 g/mol. The molecule has 15 heavy (non-hydrogen) atoms. The molecule has 1 rings (SSSR count). The number of benzene rings is 1. The summed E-state index contributed by atoms with van der Waals surface area (Å²) in [5.74, 6) is 0. The van der Waals surface area contributed by atoms with Crippen LogP contribution in [-0.2, 0) is 4.79 Å². The lowest BCUT2D eigenvalue weighted by atomic mass is 10.1. The molecule has 0 aliphatic carbocycles. The maximum Gasteiger partial charge on any atom is 0.284 e. The zero-order valence-electron chi connectivity index (χ0n) is 7.94. The quantitative estimate of drug-likeness (QED) is 0.367. The second kappa shape index (κ2) is 4.84. The SMILES string of the molecule is CC(C=O)=Cc1ccc(Br)c([N+](=O)[O-])c1. The summed E-state index contributed by atoms with van der Waals surface area (Å²) in [6, 6.07) is 4.70. The van der Waals surface area contributed by atoms with Gasteiger partial charge in [0.25, 0.3) is 5.69 Å². The van der Waals surface area contributed by atoms with Gasteiger partial charge in [-0.2, -0.15) is 0 Å². The molecule has 0 atom stereocenters. The van der Waals surface area contributed by atoms with Crippen LogP contribution < -0.4 is 0 Å². The first-order chi connectivity index (χ1) is 7.04. The number of carbonyl (C=O) groups excluding carboxylic acids is 1. The lowest BCUT2D eigenvalue weighted by Gasteiger charge is -1.97. The molecule has 0 aromatic heterocycles. The first-order valence-electron chi connectivity index (χ1n) is 4.12. The molecule has 0 fully saturated rings. The zero-order chi connectivity index (χ0) is 11.4. The van der Waals surface area contributed by atoms with Gasteiger partial charge in [0.05, 0.1) is 9.40 Å². The van der Waals surface area contributed by atoms with Gasteiger partial charge < -0.3 is 0 Å². The van der Waals surface area contributed by atoms with Crippen molar-refractivity contribution in [3.05, 3.63) is 43.9 Å². The number of halogens is 1. The molecule has 1 aromatic carbocycles. The number of rotatable bonds is 3. The summed E-state index contributed by atoms with van der Waals surface area (Å²) >= 11 is 3.08. The summed E-state index contributed by atoms with van der Waals surface area (Å²) in [4.78, 5) is 20.5. The maximum atomic E-state index is 10.6. The third-order valence-corrected chi connectivity index (χ3v) is 2.42. The fourth-order valence-corrected chi connectivity index (χ4v) is 1.45. The molecule has 0 saturated heterocycles. The number of aldehydes is 1. The molecule has 78 valence electrons. The van der Waals surface area contributed by atoms with Crippen LogP contribution in [0, 0.1) is 10.1 Å². The van der Waals surface area contributed by atoms with Gasteiger partial charge >= 0.3 is 0 Å². The summed E-state index contributed by atoms with van der Waals surface area (Å²) in [6.45, 7) is 1.64. The predicted molar refractivity (Wildman–Crippen MR) is 60.5 cm³/mol. The topological polar surface area (TPSA) is 60.2 Å². The highest BCUT2D eigenvalue weighted by Gasteiger charge is 2.11. The van der Waals surface area contributed by atoms with E-state index in [1.54, 1.807) is 25.1 Å². The summed E-state index contributed by atoms with van der Waals surface area (Å²) in [5.41, 5.74) is 1.14. The smallest absolute Gasteiger partial charge is 0.284 e. The van der Waals surface area contributed by atoms with E-state index < -0.39 is 4.92 Å². The molecular weight excluding hydrogens is 262 g/mol. The Bertz CT molecular complexity index is 440. The normalized spacial score (nSPS) is 11.2. The van der Waals surface area contributed by atoms with Gasteiger partial charge in [0.1, 0.15) is 6.29 Å². The van der Waals surface area contributed by atoms with E-state index in [0.717, 1.165) is 0 Å². The van der Waals surface area contributed by atoms with Crippen LogP contribution in [0.3, 0.4) is 0 Å². The summed E-state index contributed by atoms with van der Waals surface area (Å²) in [5, 5.41) is 10.6. The van der Waals surface area contributed by atoms with Crippen molar-refractivity contribution in [1.82, 2.24) is 0 Å². The number of hydrogen-bond acceptors (Lipinski definition) is 3. The average Bonchev–Trinajstić information content (AvgIpc) is 2.20. The van der Waals surface area contributed by atoms with Gasteiger partial charge in [-0.15, -0.1) is 0 Å². The van der Waals surface area contributed by atoms with Gasteiger partial charge in [-0.3, -0.25) is 14.9 Å². The third kappa shape index (κ3) is 2.99. The lowest BCUT2D eigenvalue weighted by Crippen LogP contribution is -1.90. The first kappa shape index (κ1) is 11.6. The minimum absolute atomic E-state index is 0.0116. The summed E-state index contributed by atoms with van der Waals surface area (Å²) in [7, 11) is 0. The number of nitro groups is 1. The van der Waals surface area contributed by atoms with Crippen molar-refractivity contribution in [1.29, 1.82) is 0 Å². The standard InChI is InChI=1S/C10H8BrNO3/c1-7(6-13)4-8-2-3-9(11)10(5-8)12(14)15/h2-6H,1H3. The van der Waals surface area contributed by atoms with Crippen LogP contribution in [0.25, 0.3) is 6.08 Å². The Balaban J connectivity index is 3.19. The molecule has 4 nitrogen and oxygen atoms in total. The molecular formula is C10H8BrNO3. The van der Waals surface area contributed by atoms with Gasteiger partial charge in [0.2, 0.25) is 0 Å². The Morgan fingerprint density at radius 1 is 1.53 bits per heavy atom. The Morgan fingerprint density at radius 2 is 2.20 bits per heavy atom. The maximum absolute atomic E-state index is 10.6. The molecule has 5 heteroatoms. The lowest BCUT2D eigenvalue weighted by molar-refractivity contribution is -0.385. The molecule has 0 aliphatic rings. The van der Waals surface area contributed by atoms with Crippen molar-refractivity contribution in [2.24, 2.45) is 0 Å². The molecule has 0 bridgehead atoms. The minimum atomic E-state index is -0.475. The largest absolute Gasteiger partial charge is 0.298 e. The van der Waals surface area contributed by atoms with Crippen molar-refractivity contribution in [3.63, 3.8) is 0 Å². The Labute approximate surface area is 94.9 Å². The van der Waals surface area contributed by atoms with Crippen LogP contribution in [0.15, 0.2) is 28.2 Å². The van der Waals surface area contributed by atoms with Crippen LogP contribution >= 0.6 is 15.9 Å². The van der Waals surface area contributed by atoms with Crippen molar-refractivity contribution < 1.29 is 9.72 Å². The van der Waals surface area contributed by atoms with Gasteiger partial charge in [-0.05, 0) is 46.1 Å². The number of carbonyl (C=O) groups is 1. The second-order valence-electron chi connectivity index (χ2n) is 2.97. The molecule has 0 saturated carbocycles. The van der Waals surface area contributed by atoms with Gasteiger partial charge in [0, 0.05) is 6.07 Å². The van der Waals surface area contributed by atoms with E-state index in [1.807, 2.05) is 0 Å². The van der Waals surface area contributed by atoms with E-state index >= 15 is 0 Å². The van der Waals surface area contributed by atoms with Gasteiger partial charge in [0.15, 0.2) is 0 Å². The van der Waals surface area contributed by atoms with E-state index in [2.05, 4.69) is 15.9 Å². The van der Waals surface area contributed by atoms with Crippen molar-refractivity contribution in [3.8, 4) is 0 Å². The Morgan fingerprint density at radius 3 is 2.73 bits per heavy atom. The minimum Gasteiger partial charge on any atom is -0.298 e. The van der Waals surface area contributed by atoms with E-state index in [9.17, 15) is 14.9 Å². The number of nitro benzene ring substituents is 1. The van der Waals surface area contributed by atoms with Gasteiger partial charge in [-0.25, -0.2) is 0 Å². The Kier molecular flexibility index (Phi) is 3.74. The van der Waals surface area contributed by atoms with E-state index in [4.69, 9.17) is 0 Å². The van der Waals surface area contributed by atoms with Crippen LogP contribution in [-0.4, -0.2) is 11.2 Å². The van der Waals surface area contributed by atoms with E-state index in [1.165, 1.54) is 6.07 Å². The summed E-state index contributed by atoms with van der Waals surface area (Å²) in [6.07, 6.45) is 2.29. The fraction of sp³-hybridized carbons (Fsp3) is 0.100. The number of allylic oxidation sites excluding steroid dienone is 1. The molecule has 0 radical (unpaired) electrons. The van der Waals surface area contributed by atoms with Crippen LogP contribution in [0.1, 0.15) is 12.5 Å². The highest BCUT2D eigenvalue weighted by atomic mass is 79.9. The zero-order valence-corrected chi connectivity index (χ0v) is 9.52. The number of hydrogen-bond donors (Lipinski definition) is 0. The molecule has 0 aliphatic heterocycles. The predicted octanol–water partition coefficient (Wildman–Crippen LogP) is 2.96. The highest BCUT2D eigenvalue weighted by molar-refractivity contribution is 9.10. The third-order valence-electron chi connectivity index (χ3n) is 1.75. The van der Waals surface area contributed by atoms with Crippen LogP contribution in [0.2, 0.25) is 0 Å². The molecule has 0 amide bonds. The van der Waals surface area contributed by atoms with Gasteiger partial charge in [-0.1, -0.05) is 6.07 Å². The van der Waals surface area contributed by atoms with Crippen molar-refractivity contribution >= 4 is 34.0 Å². The van der Waals surface area contributed by atoms with Crippen LogP contribution in [0.4, 0.5) is 5.69 Å². The highest BCUT2D eigenvalue weighted by Crippen LogP contribution is 2.26. The van der Waals surface area contributed by atoms with Crippen molar-refractivity contribution in [2.45, 2.75) is 6.92 Å². The molecule has 0 unspecified atom stereocenters. The molecule has 1 aromatic rings. The van der Waals surface area contributed by atoms with Crippen molar-refractivity contribution in [2.75, 3.05) is 0 Å². The second-order valence-corrected chi connectivity index (χ2v) is 3.83.